The molecule has 1 aliphatic rings. The van der Waals surface area contributed by atoms with Gasteiger partial charge in [-0.1, -0.05) is 56.1 Å². The van der Waals surface area contributed by atoms with Crippen LogP contribution in [0.25, 0.3) is 11.1 Å². The molecule has 78 valence electrons. The van der Waals surface area contributed by atoms with E-state index >= 15 is 0 Å². The molecule has 3 heteroatoms. The van der Waals surface area contributed by atoms with Gasteiger partial charge in [0.1, 0.15) is 0 Å². The van der Waals surface area contributed by atoms with Crippen LogP contribution in [0.15, 0.2) is 45.3 Å². The predicted octanol–water partition coefficient (Wildman–Crippen LogP) is 4.42. The second-order valence-corrected chi connectivity index (χ2v) is 5.45. The van der Waals surface area contributed by atoms with Crippen molar-refractivity contribution < 1.29 is 4.79 Å². The highest BCUT2D eigenvalue weighted by molar-refractivity contribution is 9.11. The Hall–Kier alpha value is -0.930. The van der Waals surface area contributed by atoms with Gasteiger partial charge in [0.05, 0.1) is 0 Å². The van der Waals surface area contributed by atoms with Crippen LogP contribution in [0.1, 0.15) is 15.9 Å². The molecule has 16 heavy (non-hydrogen) atoms. The van der Waals surface area contributed by atoms with Crippen LogP contribution in [0, 0.1) is 0 Å². The normalized spacial score (nSPS) is 12.5. The maximum Gasteiger partial charge on any atom is 0.194 e. The standard InChI is InChI=1S/C13H6Br2O/c14-7-5-10-12(11(15)6-7)8-3-1-2-4-9(8)13(10)16/h1-6H. The van der Waals surface area contributed by atoms with Gasteiger partial charge >= 0.3 is 0 Å². The van der Waals surface area contributed by atoms with E-state index < -0.39 is 0 Å². The summed E-state index contributed by atoms with van der Waals surface area (Å²) in [6, 6.07) is 11.5. The second-order valence-electron chi connectivity index (χ2n) is 3.68. The molecule has 0 saturated heterocycles. The van der Waals surface area contributed by atoms with E-state index in [1.54, 1.807) is 0 Å². The minimum absolute atomic E-state index is 0.104. The molecule has 0 fully saturated rings. The Morgan fingerprint density at radius 3 is 2.31 bits per heavy atom. The lowest BCUT2D eigenvalue weighted by atomic mass is 10.1. The van der Waals surface area contributed by atoms with Crippen molar-refractivity contribution in [3.05, 3.63) is 56.5 Å². The molecular weight excluding hydrogens is 332 g/mol. The summed E-state index contributed by atoms with van der Waals surface area (Å²) < 4.78 is 1.87. The number of hydrogen-bond acceptors (Lipinski definition) is 1. The van der Waals surface area contributed by atoms with Crippen LogP contribution in [0.2, 0.25) is 0 Å². The molecule has 0 atom stereocenters. The number of ketones is 1. The van der Waals surface area contributed by atoms with Gasteiger partial charge in [0, 0.05) is 25.6 Å². The second kappa shape index (κ2) is 3.54. The van der Waals surface area contributed by atoms with Crippen molar-refractivity contribution in [1.29, 1.82) is 0 Å². The van der Waals surface area contributed by atoms with E-state index in [-0.39, 0.29) is 5.78 Å². The lowest BCUT2D eigenvalue weighted by Crippen LogP contribution is -1.94. The van der Waals surface area contributed by atoms with Crippen molar-refractivity contribution in [2.75, 3.05) is 0 Å². The Morgan fingerprint density at radius 2 is 1.56 bits per heavy atom. The Balaban J connectivity index is 2.43. The van der Waals surface area contributed by atoms with Crippen molar-refractivity contribution in [2.45, 2.75) is 0 Å². The average Bonchev–Trinajstić information content (AvgIpc) is 2.54. The molecule has 0 heterocycles. The summed E-state index contributed by atoms with van der Waals surface area (Å²) in [6.45, 7) is 0. The molecule has 0 bridgehead atoms. The Labute approximate surface area is 110 Å². The highest BCUT2D eigenvalue weighted by Gasteiger charge is 2.28. The summed E-state index contributed by atoms with van der Waals surface area (Å²) in [7, 11) is 0. The molecule has 1 nitrogen and oxygen atoms in total. The SMILES string of the molecule is O=C1c2ccccc2-c2c(Br)cc(Br)cc21. The first kappa shape index (κ1) is 10.2. The third-order valence-corrected chi connectivity index (χ3v) is 3.82. The predicted molar refractivity (Wildman–Crippen MR) is 70.7 cm³/mol. The molecule has 0 saturated carbocycles. The topological polar surface area (TPSA) is 17.1 Å². The summed E-state index contributed by atoms with van der Waals surface area (Å²) in [5.41, 5.74) is 3.57. The number of hydrogen-bond donors (Lipinski definition) is 0. The molecule has 0 aromatic heterocycles. The third kappa shape index (κ3) is 1.31. The fourth-order valence-electron chi connectivity index (χ4n) is 2.07. The first-order valence-electron chi connectivity index (χ1n) is 4.81. The van der Waals surface area contributed by atoms with Crippen LogP contribution in [0.4, 0.5) is 0 Å². The van der Waals surface area contributed by atoms with Gasteiger partial charge in [0.2, 0.25) is 0 Å². The van der Waals surface area contributed by atoms with E-state index in [2.05, 4.69) is 31.9 Å². The first-order chi connectivity index (χ1) is 7.68. The van der Waals surface area contributed by atoms with Crippen molar-refractivity contribution in [3.8, 4) is 11.1 Å². The van der Waals surface area contributed by atoms with Crippen molar-refractivity contribution >= 4 is 37.6 Å². The molecule has 0 radical (unpaired) electrons. The van der Waals surface area contributed by atoms with Gasteiger partial charge in [0.25, 0.3) is 0 Å². The van der Waals surface area contributed by atoms with E-state index in [9.17, 15) is 4.79 Å². The van der Waals surface area contributed by atoms with Crippen LogP contribution in [-0.2, 0) is 0 Å². The minimum atomic E-state index is 0.104. The van der Waals surface area contributed by atoms with E-state index in [1.165, 1.54) is 0 Å². The van der Waals surface area contributed by atoms with Gasteiger partial charge in [-0.25, -0.2) is 0 Å². The number of benzene rings is 2. The highest BCUT2D eigenvalue weighted by Crippen LogP contribution is 2.42. The van der Waals surface area contributed by atoms with Crippen molar-refractivity contribution in [2.24, 2.45) is 0 Å². The number of carbonyl (C=O) groups excluding carboxylic acids is 1. The minimum Gasteiger partial charge on any atom is -0.289 e. The summed E-state index contributed by atoms with van der Waals surface area (Å²) >= 11 is 6.92. The first-order valence-corrected chi connectivity index (χ1v) is 6.40. The highest BCUT2D eigenvalue weighted by atomic mass is 79.9. The van der Waals surface area contributed by atoms with Gasteiger partial charge in [0.15, 0.2) is 5.78 Å². The molecule has 3 rings (SSSR count). The maximum absolute atomic E-state index is 12.2. The number of fused-ring (bicyclic) bond motifs is 3. The molecular formula is C13H6Br2O. The fraction of sp³-hybridized carbons (Fsp3) is 0. The molecule has 0 N–H and O–H groups in total. The van der Waals surface area contributed by atoms with E-state index in [1.807, 2.05) is 36.4 Å². The molecule has 0 aliphatic heterocycles. The lowest BCUT2D eigenvalue weighted by molar-refractivity contribution is 0.104. The Kier molecular flexibility index (Phi) is 2.26. The van der Waals surface area contributed by atoms with Crippen LogP contribution >= 0.6 is 31.9 Å². The zero-order chi connectivity index (χ0) is 11.3. The summed E-state index contributed by atoms with van der Waals surface area (Å²) in [5.74, 6) is 0.104. The smallest absolute Gasteiger partial charge is 0.194 e. The monoisotopic (exact) mass is 336 g/mol. The van der Waals surface area contributed by atoms with Gasteiger partial charge in [-0.2, -0.15) is 0 Å². The number of halogens is 2. The van der Waals surface area contributed by atoms with Crippen LogP contribution in [-0.4, -0.2) is 5.78 Å². The zero-order valence-corrected chi connectivity index (χ0v) is 11.3. The third-order valence-electron chi connectivity index (χ3n) is 2.74. The Morgan fingerprint density at radius 1 is 0.875 bits per heavy atom. The van der Waals surface area contributed by atoms with E-state index in [0.717, 1.165) is 31.2 Å². The van der Waals surface area contributed by atoms with Gasteiger partial charge in [-0.05, 0) is 17.7 Å². The van der Waals surface area contributed by atoms with Crippen molar-refractivity contribution in [3.63, 3.8) is 0 Å². The summed E-state index contributed by atoms with van der Waals surface area (Å²) in [5, 5.41) is 0. The van der Waals surface area contributed by atoms with Crippen LogP contribution in [0.5, 0.6) is 0 Å². The van der Waals surface area contributed by atoms with E-state index in [0.29, 0.717) is 0 Å². The van der Waals surface area contributed by atoms with Gasteiger partial charge in [-0.15, -0.1) is 0 Å². The number of rotatable bonds is 0. The Bertz CT molecular complexity index is 617. The number of carbonyl (C=O) groups is 1. The van der Waals surface area contributed by atoms with Crippen molar-refractivity contribution in [1.82, 2.24) is 0 Å². The van der Waals surface area contributed by atoms with Gasteiger partial charge < -0.3 is 0 Å². The summed E-state index contributed by atoms with van der Waals surface area (Å²) in [4.78, 5) is 12.2. The molecule has 2 aromatic carbocycles. The van der Waals surface area contributed by atoms with Crippen LogP contribution < -0.4 is 0 Å². The quantitative estimate of drug-likeness (QED) is 0.593. The molecule has 0 unspecified atom stereocenters. The van der Waals surface area contributed by atoms with Gasteiger partial charge in [-0.3, -0.25) is 4.79 Å². The van der Waals surface area contributed by atoms with E-state index in [4.69, 9.17) is 0 Å². The lowest BCUT2D eigenvalue weighted by Gasteiger charge is -2.03. The molecule has 0 amide bonds. The van der Waals surface area contributed by atoms with Crippen LogP contribution in [0.3, 0.4) is 0 Å². The molecule has 0 spiro atoms. The fourth-order valence-corrected chi connectivity index (χ4v) is 3.51. The summed E-state index contributed by atoms with van der Waals surface area (Å²) in [6.07, 6.45) is 0. The molecule has 1 aliphatic carbocycles. The maximum atomic E-state index is 12.2. The molecule has 2 aromatic rings. The zero-order valence-electron chi connectivity index (χ0n) is 8.13. The largest absolute Gasteiger partial charge is 0.289 e. The average molecular weight is 338 g/mol.